The highest BCUT2D eigenvalue weighted by Crippen LogP contribution is 2.36. The molecule has 0 amide bonds. The fourth-order valence-corrected chi connectivity index (χ4v) is 2.67. The van der Waals surface area contributed by atoms with E-state index in [4.69, 9.17) is 14.2 Å². The van der Waals surface area contributed by atoms with Gasteiger partial charge in [-0.05, 0) is 59.6 Å². The number of carbonyl (C=O) groups is 1. The summed E-state index contributed by atoms with van der Waals surface area (Å²) in [5.41, 5.74) is 5.85. The number of aryl methyl sites for hydroxylation is 1. The highest BCUT2D eigenvalue weighted by Gasteiger charge is 2.13. The van der Waals surface area contributed by atoms with Crippen molar-refractivity contribution in [1.29, 1.82) is 0 Å². The maximum atomic E-state index is 11.5. The summed E-state index contributed by atoms with van der Waals surface area (Å²) in [4.78, 5) is 11.5. The molecule has 0 heterocycles. The van der Waals surface area contributed by atoms with Gasteiger partial charge in [-0.1, -0.05) is 17.7 Å². The topological polar surface area (TPSA) is 69.2 Å². The molecule has 0 fully saturated rings. The molecule has 2 aromatic carbocycles. The Bertz CT molecular complexity index is 776. The monoisotopic (exact) mass is 420 g/mol. The molecule has 0 atom stereocenters. The number of methoxy groups -OCH3 is 1. The minimum Gasteiger partial charge on any atom is -0.493 e. The quantitative estimate of drug-likeness (QED) is 0.394. The van der Waals surface area contributed by atoms with Gasteiger partial charge in [0.25, 0.3) is 0 Å². The number of anilines is 1. The fourth-order valence-electron chi connectivity index (χ4n) is 2.10. The van der Waals surface area contributed by atoms with Crippen LogP contribution >= 0.6 is 15.9 Å². The van der Waals surface area contributed by atoms with E-state index in [0.717, 1.165) is 11.3 Å². The van der Waals surface area contributed by atoms with E-state index in [1.165, 1.54) is 12.7 Å². The third kappa shape index (κ3) is 5.77. The molecule has 0 spiro atoms. The Hall–Kier alpha value is -2.54. The summed E-state index contributed by atoms with van der Waals surface area (Å²) >= 11 is 3.43. The number of nitrogens with one attached hydrogen (secondary N) is 1. The van der Waals surface area contributed by atoms with Crippen LogP contribution in [0.3, 0.4) is 0 Å². The largest absolute Gasteiger partial charge is 0.493 e. The molecule has 1 N–H and O–H groups in total. The molecule has 2 rings (SSSR count). The first-order valence-electron chi connectivity index (χ1n) is 8.05. The highest BCUT2D eigenvalue weighted by molar-refractivity contribution is 9.10. The molecule has 0 aromatic heterocycles. The van der Waals surface area contributed by atoms with E-state index < -0.39 is 5.97 Å². The molecule has 138 valence electrons. The lowest BCUT2D eigenvalue weighted by molar-refractivity contribution is -0.145. The van der Waals surface area contributed by atoms with Crippen LogP contribution in [0.4, 0.5) is 5.69 Å². The number of benzene rings is 2. The van der Waals surface area contributed by atoms with Gasteiger partial charge in [0.1, 0.15) is 0 Å². The van der Waals surface area contributed by atoms with Crippen LogP contribution in [0, 0.1) is 6.92 Å². The van der Waals surface area contributed by atoms with Crippen molar-refractivity contribution in [2.75, 3.05) is 25.7 Å². The predicted octanol–water partition coefficient (Wildman–Crippen LogP) is 4.15. The number of hydrogen-bond donors (Lipinski definition) is 1. The number of carbonyl (C=O) groups excluding carboxylic acids is 1. The van der Waals surface area contributed by atoms with Gasteiger partial charge < -0.3 is 14.2 Å². The molecular formula is C19H21BrN2O4. The van der Waals surface area contributed by atoms with Crippen LogP contribution in [-0.2, 0) is 9.53 Å². The lowest BCUT2D eigenvalue weighted by atomic mass is 10.2. The van der Waals surface area contributed by atoms with E-state index in [-0.39, 0.29) is 6.61 Å². The van der Waals surface area contributed by atoms with Crippen molar-refractivity contribution in [3.05, 3.63) is 52.0 Å². The Labute approximate surface area is 161 Å². The van der Waals surface area contributed by atoms with Crippen LogP contribution in [0.1, 0.15) is 18.1 Å². The van der Waals surface area contributed by atoms with Crippen LogP contribution in [0.15, 0.2) is 46.0 Å². The zero-order chi connectivity index (χ0) is 18.9. The first-order valence-corrected chi connectivity index (χ1v) is 8.84. The van der Waals surface area contributed by atoms with Crippen molar-refractivity contribution in [3.63, 3.8) is 0 Å². The maximum Gasteiger partial charge on any atom is 0.344 e. The summed E-state index contributed by atoms with van der Waals surface area (Å²) in [6, 6.07) is 11.5. The second-order valence-electron chi connectivity index (χ2n) is 5.36. The van der Waals surface area contributed by atoms with Crippen molar-refractivity contribution in [2.45, 2.75) is 13.8 Å². The van der Waals surface area contributed by atoms with Crippen molar-refractivity contribution in [1.82, 2.24) is 0 Å². The van der Waals surface area contributed by atoms with Crippen molar-refractivity contribution < 1.29 is 19.0 Å². The van der Waals surface area contributed by atoms with Gasteiger partial charge in [0.15, 0.2) is 18.1 Å². The smallest absolute Gasteiger partial charge is 0.344 e. The van der Waals surface area contributed by atoms with Gasteiger partial charge >= 0.3 is 5.97 Å². The molecule has 2 aromatic rings. The molecule has 7 heteroatoms. The van der Waals surface area contributed by atoms with Gasteiger partial charge in [0, 0.05) is 0 Å². The minimum atomic E-state index is -0.436. The number of rotatable bonds is 8. The standard InChI is InChI=1S/C19H21BrN2O4/c1-4-25-18(23)12-26-19-16(20)9-14(10-17(19)24-3)11-21-22-15-7-5-13(2)6-8-15/h5-11,22H,4,12H2,1-3H3. The van der Waals surface area contributed by atoms with Crippen LogP contribution in [0.2, 0.25) is 0 Å². The van der Waals surface area contributed by atoms with Gasteiger partial charge in [-0.25, -0.2) is 4.79 Å². The summed E-state index contributed by atoms with van der Waals surface area (Å²) in [5.74, 6) is 0.485. The Morgan fingerprint density at radius 1 is 1.27 bits per heavy atom. The lowest BCUT2D eigenvalue weighted by Gasteiger charge is -2.13. The normalized spacial score (nSPS) is 10.6. The minimum absolute atomic E-state index is 0.189. The van der Waals surface area contributed by atoms with Crippen molar-refractivity contribution >= 4 is 33.8 Å². The second kappa shape index (κ2) is 9.82. The van der Waals surface area contributed by atoms with Crippen LogP contribution in [0.5, 0.6) is 11.5 Å². The van der Waals surface area contributed by atoms with Gasteiger partial charge in [-0.15, -0.1) is 0 Å². The van der Waals surface area contributed by atoms with E-state index in [1.54, 1.807) is 19.2 Å². The average Bonchev–Trinajstić information content (AvgIpc) is 2.62. The SMILES string of the molecule is CCOC(=O)COc1c(Br)cc(C=NNc2ccc(C)cc2)cc1OC. The molecule has 0 saturated heterocycles. The Kier molecular flexibility index (Phi) is 7.47. The molecule has 0 bridgehead atoms. The molecule has 0 saturated carbocycles. The average molecular weight is 421 g/mol. The number of hydrogen-bond acceptors (Lipinski definition) is 6. The van der Waals surface area contributed by atoms with Crippen LogP contribution in [-0.4, -0.2) is 32.5 Å². The molecule has 0 aliphatic heterocycles. The van der Waals surface area contributed by atoms with Gasteiger partial charge in [0.05, 0.1) is 30.1 Å². The molecule has 0 aliphatic rings. The van der Waals surface area contributed by atoms with E-state index in [2.05, 4.69) is 26.5 Å². The summed E-state index contributed by atoms with van der Waals surface area (Å²) in [6.45, 7) is 3.89. The fraction of sp³-hybridized carbons (Fsp3) is 0.263. The second-order valence-corrected chi connectivity index (χ2v) is 6.22. The lowest BCUT2D eigenvalue weighted by Crippen LogP contribution is -2.15. The highest BCUT2D eigenvalue weighted by atomic mass is 79.9. The van der Waals surface area contributed by atoms with E-state index >= 15 is 0 Å². The molecule has 0 aliphatic carbocycles. The summed E-state index contributed by atoms with van der Waals surface area (Å²) in [7, 11) is 1.53. The zero-order valence-corrected chi connectivity index (χ0v) is 16.5. The third-order valence-electron chi connectivity index (χ3n) is 3.35. The number of ether oxygens (including phenoxy) is 3. The van der Waals surface area contributed by atoms with E-state index in [9.17, 15) is 4.79 Å². The summed E-state index contributed by atoms with van der Waals surface area (Å²) < 4.78 is 16.4. The summed E-state index contributed by atoms with van der Waals surface area (Å²) in [6.07, 6.45) is 1.67. The Morgan fingerprint density at radius 2 is 2.00 bits per heavy atom. The first kappa shape index (κ1) is 19.8. The third-order valence-corrected chi connectivity index (χ3v) is 3.94. The molecule has 0 unspecified atom stereocenters. The molecule has 6 nitrogen and oxygen atoms in total. The zero-order valence-electron chi connectivity index (χ0n) is 14.9. The Balaban J connectivity index is 2.08. The van der Waals surface area contributed by atoms with Crippen molar-refractivity contribution in [2.24, 2.45) is 5.10 Å². The first-order chi connectivity index (χ1) is 12.5. The van der Waals surface area contributed by atoms with E-state index in [0.29, 0.717) is 22.6 Å². The van der Waals surface area contributed by atoms with Gasteiger partial charge in [-0.2, -0.15) is 5.10 Å². The predicted molar refractivity (Wildman–Crippen MR) is 105 cm³/mol. The molecule has 26 heavy (non-hydrogen) atoms. The van der Waals surface area contributed by atoms with Crippen molar-refractivity contribution in [3.8, 4) is 11.5 Å². The number of halogens is 1. The van der Waals surface area contributed by atoms with Crippen LogP contribution < -0.4 is 14.9 Å². The number of esters is 1. The summed E-state index contributed by atoms with van der Waals surface area (Å²) in [5, 5.41) is 4.22. The number of hydrazone groups is 1. The number of nitrogens with zero attached hydrogens (tertiary/aromatic N) is 1. The van der Waals surface area contributed by atoms with Gasteiger partial charge in [0.2, 0.25) is 0 Å². The maximum absolute atomic E-state index is 11.5. The molecular weight excluding hydrogens is 400 g/mol. The van der Waals surface area contributed by atoms with Crippen LogP contribution in [0.25, 0.3) is 0 Å². The van der Waals surface area contributed by atoms with E-state index in [1.807, 2.05) is 37.3 Å². The Morgan fingerprint density at radius 3 is 2.65 bits per heavy atom. The molecule has 0 radical (unpaired) electrons. The van der Waals surface area contributed by atoms with Gasteiger partial charge in [-0.3, -0.25) is 5.43 Å².